The molecule has 0 radical (unpaired) electrons. The van der Waals surface area contributed by atoms with Crippen LogP contribution in [0.1, 0.15) is 11.4 Å². The van der Waals surface area contributed by atoms with Gasteiger partial charge in [0.25, 0.3) is 5.69 Å². The maximum atomic E-state index is 10.9. The van der Waals surface area contributed by atoms with E-state index in [1.807, 2.05) is 36.4 Å². The molecular weight excluding hydrogens is 382 g/mol. The normalized spacial score (nSPS) is 11.6. The molecule has 3 aromatic carbocycles. The molecule has 0 bridgehead atoms. The summed E-state index contributed by atoms with van der Waals surface area (Å²) in [5.41, 5.74) is 5.41. The van der Waals surface area contributed by atoms with E-state index >= 15 is 0 Å². The number of aryl methyl sites for hydroxylation is 1. The standard InChI is InChI=1S/C22H15N5O3/c1-13-24-20-19-17-8-3-2-6-15(17)9-10-18(19)30-21(20)22(25-13)26-23-12-14-5-4-7-16(11-14)27(28)29/h2-12H,1H3,(H,24,25,26)/b23-12+. The Kier molecular flexibility index (Phi) is 4.10. The fourth-order valence-electron chi connectivity index (χ4n) is 3.48. The molecule has 0 fully saturated rings. The summed E-state index contributed by atoms with van der Waals surface area (Å²) in [4.78, 5) is 19.5. The Bertz CT molecular complexity index is 1470. The van der Waals surface area contributed by atoms with Crippen molar-refractivity contribution in [1.29, 1.82) is 0 Å². The second kappa shape index (κ2) is 6.93. The molecule has 8 nitrogen and oxygen atoms in total. The summed E-state index contributed by atoms with van der Waals surface area (Å²) < 4.78 is 6.05. The fraction of sp³-hybridized carbons (Fsp3) is 0.0455. The summed E-state index contributed by atoms with van der Waals surface area (Å²) in [5.74, 6) is 1.01. The Morgan fingerprint density at radius 3 is 2.83 bits per heavy atom. The summed E-state index contributed by atoms with van der Waals surface area (Å²) in [6.45, 7) is 1.80. The quantitative estimate of drug-likeness (QED) is 0.254. The maximum Gasteiger partial charge on any atom is 0.270 e. The summed E-state index contributed by atoms with van der Waals surface area (Å²) in [6.07, 6.45) is 1.49. The van der Waals surface area contributed by atoms with E-state index in [4.69, 9.17) is 4.42 Å². The number of aromatic nitrogens is 2. The SMILES string of the molecule is Cc1nc(N/N=C/c2cccc([N+](=O)[O-])c2)c2oc3ccc4ccccc4c3c2n1. The van der Waals surface area contributed by atoms with Crippen molar-refractivity contribution >= 4 is 50.6 Å². The van der Waals surface area contributed by atoms with E-state index in [9.17, 15) is 10.1 Å². The first kappa shape index (κ1) is 17.7. The number of benzene rings is 3. The third-order valence-electron chi connectivity index (χ3n) is 4.78. The highest BCUT2D eigenvalue weighted by molar-refractivity contribution is 6.18. The number of nitrogens with one attached hydrogen (secondary N) is 1. The Hall–Kier alpha value is -4.33. The molecule has 5 rings (SSSR count). The van der Waals surface area contributed by atoms with E-state index in [1.54, 1.807) is 19.1 Å². The van der Waals surface area contributed by atoms with E-state index in [2.05, 4.69) is 20.5 Å². The third-order valence-corrected chi connectivity index (χ3v) is 4.78. The van der Waals surface area contributed by atoms with Crippen LogP contribution in [0.5, 0.6) is 0 Å². The molecule has 2 aromatic heterocycles. The van der Waals surface area contributed by atoms with Crippen molar-refractivity contribution in [2.75, 3.05) is 5.43 Å². The van der Waals surface area contributed by atoms with Gasteiger partial charge in [-0.25, -0.2) is 9.97 Å². The Balaban J connectivity index is 1.59. The molecule has 8 heteroatoms. The minimum absolute atomic E-state index is 0.00313. The number of furan rings is 1. The molecule has 0 atom stereocenters. The van der Waals surface area contributed by atoms with Crippen LogP contribution in [0.3, 0.4) is 0 Å². The van der Waals surface area contributed by atoms with Gasteiger partial charge < -0.3 is 4.42 Å². The van der Waals surface area contributed by atoms with Crippen molar-refractivity contribution < 1.29 is 9.34 Å². The summed E-state index contributed by atoms with van der Waals surface area (Å²) in [5, 5.41) is 18.2. The van der Waals surface area contributed by atoms with Gasteiger partial charge in [0, 0.05) is 17.7 Å². The second-order valence-corrected chi connectivity index (χ2v) is 6.78. The largest absolute Gasteiger partial charge is 0.450 e. The maximum absolute atomic E-state index is 10.9. The zero-order chi connectivity index (χ0) is 20.7. The Morgan fingerprint density at radius 2 is 1.97 bits per heavy atom. The number of anilines is 1. The van der Waals surface area contributed by atoms with Gasteiger partial charge in [-0.3, -0.25) is 15.5 Å². The van der Waals surface area contributed by atoms with Gasteiger partial charge in [0.05, 0.1) is 16.5 Å². The predicted molar refractivity (Wildman–Crippen MR) is 116 cm³/mol. The molecule has 146 valence electrons. The van der Waals surface area contributed by atoms with Gasteiger partial charge in [0.2, 0.25) is 0 Å². The van der Waals surface area contributed by atoms with Gasteiger partial charge in [-0.1, -0.05) is 42.5 Å². The highest BCUT2D eigenvalue weighted by Gasteiger charge is 2.16. The number of nitro groups is 1. The smallest absolute Gasteiger partial charge is 0.270 e. The number of hydrogen-bond acceptors (Lipinski definition) is 7. The van der Waals surface area contributed by atoms with Crippen LogP contribution in [0.15, 0.2) is 70.2 Å². The molecule has 0 saturated heterocycles. The van der Waals surface area contributed by atoms with Crippen molar-refractivity contribution in [3.63, 3.8) is 0 Å². The van der Waals surface area contributed by atoms with E-state index in [0.29, 0.717) is 33.9 Å². The highest BCUT2D eigenvalue weighted by Crippen LogP contribution is 2.36. The molecule has 0 aliphatic rings. The number of fused-ring (bicyclic) bond motifs is 5. The molecule has 0 saturated carbocycles. The lowest BCUT2D eigenvalue weighted by atomic mass is 10.1. The molecule has 0 spiro atoms. The van der Waals surface area contributed by atoms with Crippen molar-refractivity contribution in [2.45, 2.75) is 6.92 Å². The van der Waals surface area contributed by atoms with Crippen molar-refractivity contribution in [3.8, 4) is 0 Å². The number of non-ortho nitro benzene ring substituents is 1. The molecule has 30 heavy (non-hydrogen) atoms. The lowest BCUT2D eigenvalue weighted by Gasteiger charge is -2.02. The lowest BCUT2D eigenvalue weighted by Crippen LogP contribution is -1.98. The molecule has 0 unspecified atom stereocenters. The number of nitro benzene ring substituents is 1. The third kappa shape index (κ3) is 3.00. The first-order chi connectivity index (χ1) is 14.6. The van der Waals surface area contributed by atoms with E-state index in [-0.39, 0.29) is 5.69 Å². The minimum atomic E-state index is -0.444. The lowest BCUT2D eigenvalue weighted by molar-refractivity contribution is -0.384. The molecule has 2 heterocycles. The van der Waals surface area contributed by atoms with Crippen LogP contribution in [-0.4, -0.2) is 21.1 Å². The van der Waals surface area contributed by atoms with Crippen molar-refractivity contribution in [2.24, 2.45) is 5.10 Å². The van der Waals surface area contributed by atoms with Crippen LogP contribution >= 0.6 is 0 Å². The zero-order valence-corrected chi connectivity index (χ0v) is 15.9. The molecular formula is C22H15N5O3. The number of nitrogens with zero attached hydrogens (tertiary/aromatic N) is 4. The fourth-order valence-corrected chi connectivity index (χ4v) is 3.48. The van der Waals surface area contributed by atoms with Gasteiger partial charge in [-0.05, 0) is 23.8 Å². The molecule has 0 amide bonds. The predicted octanol–water partition coefficient (Wildman–Crippen LogP) is 5.19. The van der Waals surface area contributed by atoms with E-state index in [0.717, 1.165) is 16.2 Å². The Labute approximate surface area is 170 Å². The monoisotopic (exact) mass is 397 g/mol. The second-order valence-electron chi connectivity index (χ2n) is 6.78. The van der Waals surface area contributed by atoms with Crippen LogP contribution in [-0.2, 0) is 0 Å². The van der Waals surface area contributed by atoms with Gasteiger partial charge in [0.15, 0.2) is 11.4 Å². The van der Waals surface area contributed by atoms with E-state index < -0.39 is 4.92 Å². The van der Waals surface area contributed by atoms with Crippen LogP contribution in [0.4, 0.5) is 11.5 Å². The average molecular weight is 397 g/mol. The van der Waals surface area contributed by atoms with Crippen LogP contribution in [0.2, 0.25) is 0 Å². The van der Waals surface area contributed by atoms with Gasteiger partial charge >= 0.3 is 0 Å². The van der Waals surface area contributed by atoms with Crippen LogP contribution < -0.4 is 5.43 Å². The average Bonchev–Trinajstić information content (AvgIpc) is 3.13. The van der Waals surface area contributed by atoms with Gasteiger partial charge in [-0.2, -0.15) is 5.10 Å². The summed E-state index contributed by atoms with van der Waals surface area (Å²) >= 11 is 0. The molecule has 5 aromatic rings. The highest BCUT2D eigenvalue weighted by atomic mass is 16.6. The van der Waals surface area contributed by atoms with Crippen molar-refractivity contribution in [3.05, 3.63) is 82.2 Å². The van der Waals surface area contributed by atoms with Crippen molar-refractivity contribution in [1.82, 2.24) is 9.97 Å². The minimum Gasteiger partial charge on any atom is -0.450 e. The zero-order valence-electron chi connectivity index (χ0n) is 15.9. The topological polar surface area (TPSA) is 106 Å². The van der Waals surface area contributed by atoms with Crippen LogP contribution in [0, 0.1) is 17.0 Å². The Morgan fingerprint density at radius 1 is 1.10 bits per heavy atom. The van der Waals surface area contributed by atoms with Crippen LogP contribution in [0.25, 0.3) is 32.8 Å². The van der Waals surface area contributed by atoms with E-state index in [1.165, 1.54) is 18.3 Å². The van der Waals surface area contributed by atoms with Gasteiger partial charge in [-0.15, -0.1) is 0 Å². The summed E-state index contributed by atoms with van der Waals surface area (Å²) in [6, 6.07) is 18.2. The molecule has 0 aliphatic heterocycles. The number of hydrogen-bond donors (Lipinski definition) is 1. The molecule has 0 aliphatic carbocycles. The number of hydrazone groups is 1. The first-order valence-corrected chi connectivity index (χ1v) is 9.22. The van der Waals surface area contributed by atoms with Gasteiger partial charge in [0.1, 0.15) is 16.9 Å². The molecule has 1 N–H and O–H groups in total. The number of rotatable bonds is 4. The summed E-state index contributed by atoms with van der Waals surface area (Å²) in [7, 11) is 0. The first-order valence-electron chi connectivity index (χ1n) is 9.22.